The molecule has 0 aliphatic heterocycles. The maximum absolute atomic E-state index is 12.9. The SMILES string of the molecule is CCCc1nc2scc(C(=O)O)c2c(=O)n1CCc1ccccc1. The van der Waals surface area contributed by atoms with Crippen molar-refractivity contribution >= 4 is 27.5 Å². The van der Waals surface area contributed by atoms with Crippen LogP contribution < -0.4 is 5.56 Å². The van der Waals surface area contributed by atoms with Gasteiger partial charge in [0.2, 0.25) is 0 Å². The molecule has 3 aromatic rings. The number of carbonyl (C=O) groups is 1. The Morgan fingerprint density at radius 2 is 2.00 bits per heavy atom. The lowest BCUT2D eigenvalue weighted by atomic mass is 10.1. The third-order valence-electron chi connectivity index (χ3n) is 3.94. The Morgan fingerprint density at radius 3 is 2.67 bits per heavy atom. The van der Waals surface area contributed by atoms with Crippen LogP contribution in [0.3, 0.4) is 0 Å². The van der Waals surface area contributed by atoms with Crippen LogP contribution in [-0.2, 0) is 19.4 Å². The number of carboxylic acid groups (broad SMARTS) is 1. The van der Waals surface area contributed by atoms with E-state index in [0.29, 0.717) is 24.2 Å². The van der Waals surface area contributed by atoms with Gasteiger partial charge < -0.3 is 5.11 Å². The average molecular weight is 342 g/mol. The molecule has 0 aliphatic carbocycles. The summed E-state index contributed by atoms with van der Waals surface area (Å²) in [7, 11) is 0. The van der Waals surface area contributed by atoms with Crippen molar-refractivity contribution < 1.29 is 9.90 Å². The first kappa shape index (κ1) is 16.4. The van der Waals surface area contributed by atoms with E-state index in [1.165, 1.54) is 16.7 Å². The molecule has 6 heteroatoms. The summed E-state index contributed by atoms with van der Waals surface area (Å²) in [6.45, 7) is 2.53. The molecule has 0 radical (unpaired) electrons. The minimum absolute atomic E-state index is 0.0454. The fourth-order valence-corrected chi connectivity index (χ4v) is 3.68. The van der Waals surface area contributed by atoms with Gasteiger partial charge in [0.15, 0.2) is 0 Å². The van der Waals surface area contributed by atoms with Gasteiger partial charge in [0, 0.05) is 18.3 Å². The summed E-state index contributed by atoms with van der Waals surface area (Å²) >= 11 is 1.21. The fourth-order valence-electron chi connectivity index (χ4n) is 2.75. The number of aryl methyl sites for hydroxylation is 2. The molecule has 1 aromatic carbocycles. The lowest BCUT2D eigenvalue weighted by molar-refractivity contribution is 0.0699. The normalized spacial score (nSPS) is 11.0. The molecule has 2 heterocycles. The van der Waals surface area contributed by atoms with Crippen molar-refractivity contribution in [3.8, 4) is 0 Å². The molecule has 3 rings (SSSR count). The number of carboxylic acids is 1. The highest BCUT2D eigenvalue weighted by Crippen LogP contribution is 2.22. The first-order valence-electron chi connectivity index (χ1n) is 7.90. The number of hydrogen-bond donors (Lipinski definition) is 1. The second-order valence-corrected chi connectivity index (χ2v) is 6.46. The molecule has 5 nitrogen and oxygen atoms in total. The van der Waals surface area contributed by atoms with Crippen molar-refractivity contribution in [1.82, 2.24) is 9.55 Å². The summed E-state index contributed by atoms with van der Waals surface area (Å²) in [5, 5.41) is 11.0. The minimum atomic E-state index is -1.09. The van der Waals surface area contributed by atoms with Crippen molar-refractivity contribution in [3.63, 3.8) is 0 Å². The van der Waals surface area contributed by atoms with E-state index in [4.69, 9.17) is 0 Å². The Morgan fingerprint density at radius 1 is 1.25 bits per heavy atom. The number of thiophene rings is 1. The minimum Gasteiger partial charge on any atom is -0.478 e. The second kappa shape index (κ2) is 6.97. The van der Waals surface area contributed by atoms with E-state index in [0.717, 1.165) is 17.8 Å². The average Bonchev–Trinajstić information content (AvgIpc) is 3.00. The summed E-state index contributed by atoms with van der Waals surface area (Å²) < 4.78 is 1.64. The van der Waals surface area contributed by atoms with Crippen molar-refractivity contribution in [2.75, 3.05) is 0 Å². The molecule has 0 unspecified atom stereocenters. The smallest absolute Gasteiger partial charge is 0.337 e. The third kappa shape index (κ3) is 3.10. The maximum Gasteiger partial charge on any atom is 0.337 e. The molecule has 0 bridgehead atoms. The molecular formula is C18H18N2O3S. The molecule has 0 saturated carbocycles. The van der Waals surface area contributed by atoms with E-state index in [1.54, 1.807) is 4.57 Å². The first-order valence-corrected chi connectivity index (χ1v) is 8.78. The predicted molar refractivity (Wildman–Crippen MR) is 95.0 cm³/mol. The van der Waals surface area contributed by atoms with E-state index in [1.807, 2.05) is 37.3 Å². The molecule has 24 heavy (non-hydrogen) atoms. The molecule has 124 valence electrons. The van der Waals surface area contributed by atoms with Crippen molar-refractivity contribution in [3.05, 3.63) is 63.0 Å². The second-order valence-electron chi connectivity index (χ2n) is 5.61. The zero-order valence-electron chi connectivity index (χ0n) is 13.4. The number of nitrogens with zero attached hydrogens (tertiary/aromatic N) is 2. The van der Waals surface area contributed by atoms with Gasteiger partial charge in [0.1, 0.15) is 10.7 Å². The number of hydrogen-bond acceptors (Lipinski definition) is 4. The summed E-state index contributed by atoms with van der Waals surface area (Å²) in [6, 6.07) is 9.92. The largest absolute Gasteiger partial charge is 0.478 e. The number of fused-ring (bicyclic) bond motifs is 1. The molecular weight excluding hydrogens is 324 g/mol. The van der Waals surface area contributed by atoms with Crippen LogP contribution in [0.1, 0.15) is 35.1 Å². The molecule has 0 atom stereocenters. The van der Waals surface area contributed by atoms with Crippen LogP contribution in [0, 0.1) is 0 Å². The Balaban J connectivity index is 2.07. The van der Waals surface area contributed by atoms with Gasteiger partial charge >= 0.3 is 5.97 Å². The molecule has 0 saturated heterocycles. The van der Waals surface area contributed by atoms with Crippen molar-refractivity contribution in [2.45, 2.75) is 32.7 Å². The van der Waals surface area contributed by atoms with Crippen molar-refractivity contribution in [1.29, 1.82) is 0 Å². The number of aromatic nitrogens is 2. The first-order chi connectivity index (χ1) is 11.6. The van der Waals surface area contributed by atoms with E-state index >= 15 is 0 Å². The van der Waals surface area contributed by atoms with E-state index in [9.17, 15) is 14.7 Å². The van der Waals surface area contributed by atoms with Gasteiger partial charge in [0.05, 0.1) is 10.9 Å². The number of aromatic carboxylic acids is 1. The van der Waals surface area contributed by atoms with Crippen molar-refractivity contribution in [2.24, 2.45) is 0 Å². The summed E-state index contributed by atoms with van der Waals surface area (Å²) in [5.41, 5.74) is 0.928. The summed E-state index contributed by atoms with van der Waals surface area (Å²) in [6.07, 6.45) is 2.28. The Bertz CT molecular complexity index is 929. The zero-order valence-corrected chi connectivity index (χ0v) is 14.2. The van der Waals surface area contributed by atoms with Gasteiger partial charge in [-0.2, -0.15) is 0 Å². The molecule has 0 aliphatic rings. The highest BCUT2D eigenvalue weighted by molar-refractivity contribution is 7.17. The van der Waals surface area contributed by atoms with E-state index < -0.39 is 5.97 Å². The molecule has 2 aromatic heterocycles. The maximum atomic E-state index is 12.9. The summed E-state index contributed by atoms with van der Waals surface area (Å²) in [5.74, 6) is -0.359. The standard InChI is InChI=1S/C18H18N2O3S/c1-2-6-14-19-16-15(13(11-24-16)18(22)23)17(21)20(14)10-9-12-7-4-3-5-8-12/h3-5,7-8,11H,2,6,9-10H2,1H3,(H,22,23). The lowest BCUT2D eigenvalue weighted by Crippen LogP contribution is -2.26. The lowest BCUT2D eigenvalue weighted by Gasteiger charge is -2.12. The van der Waals surface area contributed by atoms with Crippen LogP contribution in [-0.4, -0.2) is 20.6 Å². The van der Waals surface area contributed by atoms with Gasteiger partial charge in [-0.1, -0.05) is 37.3 Å². The van der Waals surface area contributed by atoms with Crippen LogP contribution in [0.4, 0.5) is 0 Å². The highest BCUT2D eigenvalue weighted by Gasteiger charge is 2.19. The fraction of sp³-hybridized carbons (Fsp3) is 0.278. The molecule has 0 amide bonds. The summed E-state index contributed by atoms with van der Waals surface area (Å²) in [4.78, 5) is 29.3. The predicted octanol–water partition coefficient (Wildman–Crippen LogP) is 3.35. The topological polar surface area (TPSA) is 72.2 Å². The van der Waals surface area contributed by atoms with Gasteiger partial charge in [-0.05, 0) is 18.4 Å². The quantitative estimate of drug-likeness (QED) is 0.745. The van der Waals surface area contributed by atoms with Crippen LogP contribution in [0.2, 0.25) is 0 Å². The monoisotopic (exact) mass is 342 g/mol. The molecule has 1 N–H and O–H groups in total. The van der Waals surface area contributed by atoms with Crippen LogP contribution in [0.5, 0.6) is 0 Å². The Kier molecular flexibility index (Phi) is 4.76. The zero-order chi connectivity index (χ0) is 17.1. The molecule has 0 fully saturated rings. The Labute approximate surface area is 143 Å². The number of benzene rings is 1. The van der Waals surface area contributed by atoms with Crippen LogP contribution in [0.15, 0.2) is 40.5 Å². The van der Waals surface area contributed by atoms with E-state index in [2.05, 4.69) is 4.98 Å². The van der Waals surface area contributed by atoms with Gasteiger partial charge in [-0.3, -0.25) is 9.36 Å². The third-order valence-corrected chi connectivity index (χ3v) is 4.82. The number of rotatable bonds is 6. The highest BCUT2D eigenvalue weighted by atomic mass is 32.1. The Hall–Kier alpha value is -2.47. The van der Waals surface area contributed by atoms with E-state index in [-0.39, 0.29) is 16.5 Å². The van der Waals surface area contributed by atoms with Gasteiger partial charge in [0.25, 0.3) is 5.56 Å². The van der Waals surface area contributed by atoms with Gasteiger partial charge in [-0.25, -0.2) is 9.78 Å². The van der Waals surface area contributed by atoms with Crippen LogP contribution in [0.25, 0.3) is 10.2 Å². The van der Waals surface area contributed by atoms with Gasteiger partial charge in [-0.15, -0.1) is 11.3 Å². The van der Waals surface area contributed by atoms with Crippen LogP contribution >= 0.6 is 11.3 Å². The molecule has 0 spiro atoms.